The van der Waals surface area contributed by atoms with E-state index in [9.17, 15) is 9.59 Å². The zero-order chi connectivity index (χ0) is 15.1. The van der Waals surface area contributed by atoms with E-state index < -0.39 is 0 Å². The topological polar surface area (TPSA) is 71.8 Å². The molecule has 0 spiro atoms. The van der Waals surface area contributed by atoms with E-state index in [1.54, 1.807) is 17.0 Å². The van der Waals surface area contributed by atoms with Crippen LogP contribution < -0.4 is 5.32 Å². The van der Waals surface area contributed by atoms with Gasteiger partial charge in [0.05, 0.1) is 13.2 Å². The highest BCUT2D eigenvalue weighted by atomic mass is 16.5. The number of furan rings is 1. The molecule has 0 aromatic carbocycles. The number of carbonyl (C=O) groups excluding carboxylic acids is 2. The second-order valence-corrected chi connectivity index (χ2v) is 5.07. The largest absolute Gasteiger partial charge is 0.435 e. The Bertz CT molecular complexity index is 478. The lowest BCUT2D eigenvalue weighted by molar-refractivity contribution is -0.116. The van der Waals surface area contributed by atoms with Gasteiger partial charge in [-0.05, 0) is 12.5 Å². The number of anilines is 1. The minimum Gasteiger partial charge on any atom is -0.435 e. The Kier molecular flexibility index (Phi) is 5.80. The lowest BCUT2D eigenvalue weighted by Gasteiger charge is -2.25. The fraction of sp³-hybridized carbons (Fsp3) is 0.600. The molecular formula is C15H22N2O4. The first-order valence-electron chi connectivity index (χ1n) is 7.47. The molecule has 1 N–H and O–H groups in total. The average molecular weight is 294 g/mol. The maximum atomic E-state index is 12.2. The van der Waals surface area contributed by atoms with Gasteiger partial charge >= 0.3 is 0 Å². The predicted octanol–water partition coefficient (Wildman–Crippen LogP) is 2.27. The van der Waals surface area contributed by atoms with Crippen LogP contribution in [0, 0.1) is 0 Å². The number of morpholine rings is 1. The number of nitrogens with zero attached hydrogens (tertiary/aromatic N) is 1. The zero-order valence-corrected chi connectivity index (χ0v) is 12.4. The van der Waals surface area contributed by atoms with Crippen molar-refractivity contribution in [1.82, 2.24) is 4.90 Å². The number of unbranched alkanes of at least 4 members (excludes halogenated alkanes) is 2. The molecule has 21 heavy (non-hydrogen) atoms. The minimum absolute atomic E-state index is 0.0804. The molecule has 0 bridgehead atoms. The van der Waals surface area contributed by atoms with Crippen molar-refractivity contribution < 1.29 is 18.7 Å². The third kappa shape index (κ3) is 4.60. The summed E-state index contributed by atoms with van der Waals surface area (Å²) >= 11 is 0. The Hall–Kier alpha value is -1.82. The molecule has 2 amide bonds. The molecule has 1 aliphatic rings. The number of amides is 2. The fourth-order valence-electron chi connectivity index (χ4n) is 2.18. The van der Waals surface area contributed by atoms with Gasteiger partial charge < -0.3 is 14.1 Å². The molecule has 6 heteroatoms. The van der Waals surface area contributed by atoms with Crippen LogP contribution in [0.25, 0.3) is 0 Å². The highest BCUT2D eigenvalue weighted by Gasteiger charge is 2.21. The van der Waals surface area contributed by atoms with Gasteiger partial charge in [-0.2, -0.15) is 0 Å². The summed E-state index contributed by atoms with van der Waals surface area (Å²) in [6, 6.07) is 3.21. The van der Waals surface area contributed by atoms with Crippen molar-refractivity contribution in [3.63, 3.8) is 0 Å². The van der Waals surface area contributed by atoms with Gasteiger partial charge in [-0.25, -0.2) is 0 Å². The number of hydrogen-bond donors (Lipinski definition) is 1. The van der Waals surface area contributed by atoms with Crippen LogP contribution in [0.15, 0.2) is 16.5 Å². The molecule has 2 heterocycles. The van der Waals surface area contributed by atoms with Crippen molar-refractivity contribution in [1.29, 1.82) is 0 Å². The van der Waals surface area contributed by atoms with E-state index >= 15 is 0 Å². The molecule has 0 aliphatic carbocycles. The Morgan fingerprint density at radius 2 is 2.00 bits per heavy atom. The molecule has 1 aliphatic heterocycles. The van der Waals surface area contributed by atoms with Gasteiger partial charge in [-0.15, -0.1) is 0 Å². The maximum Gasteiger partial charge on any atom is 0.289 e. The van der Waals surface area contributed by atoms with Crippen LogP contribution in [0.1, 0.15) is 43.2 Å². The van der Waals surface area contributed by atoms with Crippen molar-refractivity contribution in [3.8, 4) is 0 Å². The average Bonchev–Trinajstić information content (AvgIpc) is 2.96. The number of hydrogen-bond acceptors (Lipinski definition) is 4. The first-order chi connectivity index (χ1) is 10.2. The smallest absolute Gasteiger partial charge is 0.289 e. The van der Waals surface area contributed by atoms with E-state index in [0.29, 0.717) is 38.6 Å². The summed E-state index contributed by atoms with van der Waals surface area (Å²) in [5.41, 5.74) is 0. The lowest BCUT2D eigenvalue weighted by Crippen LogP contribution is -2.40. The molecule has 0 atom stereocenters. The molecule has 116 valence electrons. The fourth-order valence-corrected chi connectivity index (χ4v) is 2.18. The normalized spacial score (nSPS) is 15.0. The van der Waals surface area contributed by atoms with Crippen LogP contribution in [0.3, 0.4) is 0 Å². The maximum absolute atomic E-state index is 12.2. The van der Waals surface area contributed by atoms with Crippen LogP contribution in [-0.4, -0.2) is 43.0 Å². The number of nitrogens with one attached hydrogen (secondary N) is 1. The summed E-state index contributed by atoms with van der Waals surface area (Å²) in [5, 5.41) is 2.68. The Balaban J connectivity index is 1.85. The van der Waals surface area contributed by atoms with E-state index in [1.807, 2.05) is 0 Å². The molecule has 1 aromatic heterocycles. The molecular weight excluding hydrogens is 272 g/mol. The van der Waals surface area contributed by atoms with Gasteiger partial charge in [0.15, 0.2) is 11.6 Å². The lowest BCUT2D eigenvalue weighted by atomic mass is 10.2. The molecule has 0 unspecified atom stereocenters. The second kappa shape index (κ2) is 7.83. The molecule has 1 fully saturated rings. The summed E-state index contributed by atoms with van der Waals surface area (Å²) in [7, 11) is 0. The van der Waals surface area contributed by atoms with Crippen molar-refractivity contribution in [2.24, 2.45) is 0 Å². The Morgan fingerprint density at radius 1 is 1.24 bits per heavy atom. The summed E-state index contributed by atoms with van der Waals surface area (Å²) in [4.78, 5) is 25.5. The monoisotopic (exact) mass is 294 g/mol. The number of carbonyl (C=O) groups is 2. The van der Waals surface area contributed by atoms with Gasteiger partial charge in [-0.3, -0.25) is 14.9 Å². The van der Waals surface area contributed by atoms with Crippen molar-refractivity contribution in [2.75, 3.05) is 31.6 Å². The van der Waals surface area contributed by atoms with Crippen molar-refractivity contribution >= 4 is 17.7 Å². The van der Waals surface area contributed by atoms with Crippen molar-refractivity contribution in [2.45, 2.75) is 32.6 Å². The van der Waals surface area contributed by atoms with Gasteiger partial charge in [-0.1, -0.05) is 19.8 Å². The molecule has 1 saturated heterocycles. The van der Waals surface area contributed by atoms with E-state index in [4.69, 9.17) is 9.15 Å². The molecule has 0 saturated carbocycles. The third-order valence-electron chi connectivity index (χ3n) is 3.39. The Labute approximate surface area is 124 Å². The molecule has 2 rings (SSSR count). The highest BCUT2D eigenvalue weighted by molar-refractivity contribution is 5.93. The minimum atomic E-state index is -0.162. The molecule has 6 nitrogen and oxygen atoms in total. The highest BCUT2D eigenvalue weighted by Crippen LogP contribution is 2.16. The van der Waals surface area contributed by atoms with Gasteiger partial charge in [0.25, 0.3) is 5.91 Å². The van der Waals surface area contributed by atoms with Gasteiger partial charge in [0.1, 0.15) is 0 Å². The first-order valence-corrected chi connectivity index (χ1v) is 7.47. The SMILES string of the molecule is CCCCCC(=O)Nc1ccc(C(=O)N2CCOCC2)o1. The Morgan fingerprint density at radius 3 is 2.71 bits per heavy atom. The standard InChI is InChI=1S/C15H22N2O4/c1-2-3-4-5-13(18)16-14-7-6-12(21-14)15(19)17-8-10-20-11-9-17/h6-7H,2-5,8-11H2,1H3,(H,16,18). The third-order valence-corrected chi connectivity index (χ3v) is 3.39. The molecule has 0 radical (unpaired) electrons. The van der Waals surface area contributed by atoms with E-state index in [2.05, 4.69) is 12.2 Å². The zero-order valence-electron chi connectivity index (χ0n) is 12.4. The van der Waals surface area contributed by atoms with Crippen LogP contribution in [-0.2, 0) is 9.53 Å². The number of rotatable bonds is 6. The quantitative estimate of drug-likeness (QED) is 0.817. The van der Waals surface area contributed by atoms with Gasteiger partial charge in [0.2, 0.25) is 5.91 Å². The van der Waals surface area contributed by atoms with Crippen molar-refractivity contribution in [3.05, 3.63) is 17.9 Å². The van der Waals surface area contributed by atoms with E-state index in [-0.39, 0.29) is 17.6 Å². The van der Waals surface area contributed by atoms with Crippen LogP contribution in [0.2, 0.25) is 0 Å². The first kappa shape index (κ1) is 15.6. The predicted molar refractivity (Wildman–Crippen MR) is 78.2 cm³/mol. The van der Waals surface area contributed by atoms with E-state index in [1.165, 1.54) is 0 Å². The van der Waals surface area contributed by atoms with Crippen LogP contribution in [0.5, 0.6) is 0 Å². The summed E-state index contributed by atoms with van der Waals surface area (Å²) < 4.78 is 10.6. The van der Waals surface area contributed by atoms with Crippen LogP contribution in [0.4, 0.5) is 5.88 Å². The summed E-state index contributed by atoms with van der Waals surface area (Å²) in [6.45, 7) is 4.32. The van der Waals surface area contributed by atoms with Crippen LogP contribution >= 0.6 is 0 Å². The summed E-state index contributed by atoms with van der Waals surface area (Å²) in [6.07, 6.45) is 3.45. The number of ether oxygens (including phenoxy) is 1. The second-order valence-electron chi connectivity index (χ2n) is 5.07. The summed E-state index contributed by atoms with van der Waals surface area (Å²) in [5.74, 6) is 0.335. The van der Waals surface area contributed by atoms with E-state index in [0.717, 1.165) is 19.3 Å². The molecule has 1 aromatic rings. The van der Waals surface area contributed by atoms with Gasteiger partial charge in [0, 0.05) is 25.6 Å².